The van der Waals surface area contributed by atoms with Gasteiger partial charge in [0.15, 0.2) is 5.69 Å². The number of benzene rings is 2. The molecule has 1 unspecified atom stereocenters. The highest BCUT2D eigenvalue weighted by Crippen LogP contribution is 2.13. The summed E-state index contributed by atoms with van der Waals surface area (Å²) in [6.07, 6.45) is 14.7. The highest BCUT2D eigenvalue weighted by atomic mass is 16.4. The molecule has 37 heavy (non-hydrogen) atoms. The molecule has 2 N–H and O–H groups in total. The Morgan fingerprint density at radius 1 is 0.811 bits per heavy atom. The molecule has 0 bridgehead atoms. The molecule has 0 saturated heterocycles. The molecule has 0 aliphatic carbocycles. The van der Waals surface area contributed by atoms with E-state index in [2.05, 4.69) is 41.6 Å². The highest BCUT2D eigenvalue weighted by molar-refractivity contribution is 5.99. The van der Waals surface area contributed by atoms with Crippen molar-refractivity contribution in [3.63, 3.8) is 0 Å². The van der Waals surface area contributed by atoms with Crippen molar-refractivity contribution in [1.29, 1.82) is 0 Å². The maximum Gasteiger partial charge on any atom is 0.215 e. The molecular weight excluding hydrogens is 462 g/mol. The van der Waals surface area contributed by atoms with Crippen LogP contribution in [-0.2, 0) is 4.79 Å². The summed E-state index contributed by atoms with van der Waals surface area (Å²) in [5.74, 6) is -0.0944. The summed E-state index contributed by atoms with van der Waals surface area (Å²) in [7, 11) is 0. The van der Waals surface area contributed by atoms with Crippen LogP contribution in [0.25, 0.3) is 0 Å². The maximum absolute atomic E-state index is 10.1. The van der Waals surface area contributed by atoms with Crippen molar-refractivity contribution in [3.05, 3.63) is 90.8 Å². The predicted octanol–water partition coefficient (Wildman–Crippen LogP) is 4.56. The van der Waals surface area contributed by atoms with Gasteiger partial charge in [-0.25, -0.2) is 5.43 Å². The second kappa shape index (κ2) is 16.1. The van der Waals surface area contributed by atoms with Crippen LogP contribution in [0.5, 0.6) is 0 Å². The minimum Gasteiger partial charge on any atom is -0.550 e. The molecule has 0 amide bonds. The summed E-state index contributed by atoms with van der Waals surface area (Å²) in [5, 5.41) is 17.8. The Balaban J connectivity index is 0.000000236. The number of hydrogen-bond donors (Lipinski definition) is 2. The first-order valence-electron chi connectivity index (χ1n) is 13.4. The molecule has 7 heteroatoms. The maximum atomic E-state index is 10.1. The van der Waals surface area contributed by atoms with E-state index < -0.39 is 5.97 Å². The molecule has 1 atom stereocenters. The fourth-order valence-corrected chi connectivity index (χ4v) is 4.10. The first kappa shape index (κ1) is 27.9. The van der Waals surface area contributed by atoms with Gasteiger partial charge in [-0.15, -0.1) is 0 Å². The second-order valence-electron chi connectivity index (χ2n) is 9.12. The zero-order chi connectivity index (χ0) is 26.1. The van der Waals surface area contributed by atoms with Crippen LogP contribution in [0.2, 0.25) is 0 Å². The van der Waals surface area contributed by atoms with Gasteiger partial charge in [-0.3, -0.25) is 4.98 Å². The van der Waals surface area contributed by atoms with Gasteiger partial charge in [-0.1, -0.05) is 105 Å². The fraction of sp³-hybridized carbons (Fsp3) is 0.367. The number of hydrogen-bond acceptors (Lipinski definition) is 6. The minimum absolute atomic E-state index is 0.232. The normalized spacial score (nSPS) is 14.4. The Bertz CT molecular complexity index is 1060. The molecule has 0 spiro atoms. The lowest BCUT2D eigenvalue weighted by Crippen LogP contribution is -3.10. The van der Waals surface area contributed by atoms with Gasteiger partial charge in [0, 0.05) is 36.1 Å². The van der Waals surface area contributed by atoms with Gasteiger partial charge in [0.05, 0.1) is 0 Å². The summed E-state index contributed by atoms with van der Waals surface area (Å²) < 4.78 is 0. The molecule has 2 aromatic carbocycles. The van der Waals surface area contributed by atoms with Crippen molar-refractivity contribution in [2.24, 2.45) is 5.10 Å². The SMILES string of the molecule is CCCCCCCCCCCC(=O)[O-].c1ccc(N2NC(c3ccncc3)=N[NH+]2c2ccccc2)cc1. The first-order chi connectivity index (χ1) is 18.2. The van der Waals surface area contributed by atoms with Crippen LogP contribution in [0.1, 0.15) is 76.7 Å². The predicted molar refractivity (Wildman–Crippen MR) is 147 cm³/mol. The number of para-hydroxylation sites is 1. The number of amidine groups is 1. The number of aliphatic carboxylic acids is 1. The first-order valence-corrected chi connectivity index (χ1v) is 13.4. The number of carboxylic acid groups (broad SMARTS) is 1. The van der Waals surface area contributed by atoms with Gasteiger partial charge < -0.3 is 9.90 Å². The lowest BCUT2D eigenvalue weighted by Gasteiger charge is -2.21. The van der Waals surface area contributed by atoms with E-state index in [1.54, 1.807) is 12.4 Å². The van der Waals surface area contributed by atoms with Gasteiger partial charge in [-0.05, 0) is 42.2 Å². The Labute approximate surface area is 220 Å². The molecule has 0 radical (unpaired) electrons. The van der Waals surface area contributed by atoms with Crippen molar-refractivity contribution in [1.82, 2.24) is 10.4 Å². The third-order valence-electron chi connectivity index (χ3n) is 6.13. The molecule has 1 aliphatic rings. The Hall–Kier alpha value is -3.71. The van der Waals surface area contributed by atoms with E-state index in [0.717, 1.165) is 40.7 Å². The molecule has 1 aromatic heterocycles. The van der Waals surface area contributed by atoms with Crippen molar-refractivity contribution in [2.45, 2.75) is 71.1 Å². The van der Waals surface area contributed by atoms with Crippen molar-refractivity contribution < 1.29 is 15.0 Å². The topological polar surface area (TPSA) is 85.1 Å². The molecule has 0 fully saturated rings. The number of carbonyl (C=O) groups is 1. The Morgan fingerprint density at radius 3 is 1.97 bits per heavy atom. The number of carbonyl (C=O) groups excluding carboxylic acids is 1. The van der Waals surface area contributed by atoms with E-state index in [9.17, 15) is 9.90 Å². The second-order valence-corrected chi connectivity index (χ2v) is 9.12. The molecule has 2 heterocycles. The van der Waals surface area contributed by atoms with E-state index in [-0.39, 0.29) is 6.42 Å². The van der Waals surface area contributed by atoms with Crippen molar-refractivity contribution in [3.8, 4) is 0 Å². The zero-order valence-electron chi connectivity index (χ0n) is 21.8. The van der Waals surface area contributed by atoms with Gasteiger partial charge in [0.25, 0.3) is 0 Å². The van der Waals surface area contributed by atoms with Crippen LogP contribution < -0.4 is 20.8 Å². The van der Waals surface area contributed by atoms with Crippen LogP contribution in [0.4, 0.5) is 11.4 Å². The van der Waals surface area contributed by atoms with Gasteiger partial charge in [-0.2, -0.15) is 0 Å². The summed E-state index contributed by atoms with van der Waals surface area (Å²) in [6.45, 7) is 2.22. The summed E-state index contributed by atoms with van der Waals surface area (Å²) in [4.78, 5) is 14.2. The number of nitrogens with one attached hydrogen (secondary N) is 2. The number of aromatic nitrogens is 1. The van der Waals surface area contributed by atoms with Gasteiger partial charge >= 0.3 is 0 Å². The van der Waals surface area contributed by atoms with Crippen LogP contribution in [0.15, 0.2) is 90.3 Å². The quantitative estimate of drug-likeness (QED) is 0.336. The van der Waals surface area contributed by atoms with Crippen LogP contribution in [0, 0.1) is 0 Å². The van der Waals surface area contributed by atoms with Crippen molar-refractivity contribution >= 4 is 23.2 Å². The number of quaternary nitrogens is 1. The molecule has 196 valence electrons. The summed E-state index contributed by atoms with van der Waals surface area (Å²) in [6, 6.07) is 24.2. The Kier molecular flexibility index (Phi) is 12.1. The molecule has 4 rings (SSSR count). The number of unbranched alkanes of at least 4 members (excludes halogenated alkanes) is 8. The van der Waals surface area contributed by atoms with Crippen molar-refractivity contribution in [2.75, 3.05) is 5.12 Å². The number of rotatable bonds is 13. The van der Waals surface area contributed by atoms with E-state index in [0.29, 0.717) is 0 Å². The summed E-state index contributed by atoms with van der Waals surface area (Å²) >= 11 is 0. The van der Waals surface area contributed by atoms with E-state index >= 15 is 0 Å². The lowest BCUT2D eigenvalue weighted by atomic mass is 10.1. The highest BCUT2D eigenvalue weighted by Gasteiger charge is 2.31. The minimum atomic E-state index is -0.909. The molecule has 7 nitrogen and oxygen atoms in total. The van der Waals surface area contributed by atoms with Crippen LogP contribution in [-0.4, -0.2) is 16.8 Å². The zero-order valence-corrected chi connectivity index (χ0v) is 21.8. The number of carboxylic acids is 1. The molecule has 3 aromatic rings. The summed E-state index contributed by atoms with van der Waals surface area (Å²) in [5.41, 5.74) is 6.50. The van der Waals surface area contributed by atoms with Crippen LogP contribution in [0.3, 0.4) is 0 Å². The third-order valence-corrected chi connectivity index (χ3v) is 6.13. The van der Waals surface area contributed by atoms with Crippen LogP contribution >= 0.6 is 0 Å². The smallest absolute Gasteiger partial charge is 0.215 e. The molecule has 0 saturated carbocycles. The molecular formula is C30H39N5O2. The molecule has 1 aliphatic heterocycles. The van der Waals surface area contributed by atoms with Gasteiger partial charge in [0.1, 0.15) is 5.69 Å². The average molecular weight is 502 g/mol. The average Bonchev–Trinajstić information content (AvgIpc) is 3.40. The third kappa shape index (κ3) is 9.69. The number of nitrogens with zero attached hydrogens (tertiary/aromatic N) is 3. The Morgan fingerprint density at radius 2 is 1.38 bits per heavy atom. The number of pyridine rings is 1. The monoisotopic (exact) mass is 501 g/mol. The van der Waals surface area contributed by atoms with E-state index in [4.69, 9.17) is 5.10 Å². The van der Waals surface area contributed by atoms with E-state index in [1.165, 1.54) is 44.9 Å². The fourth-order valence-electron chi connectivity index (χ4n) is 4.10. The standard InChI is InChI=1S/C18H15N5.C12H24O2/c1-3-7-16(8-4-1)22-20-18(15-11-13-19-14-12-15)21-23(22)17-9-5-2-6-10-17;1-2-3-4-5-6-7-8-9-10-11-12(13)14/h1-14H,(H,20,21);2-11H2,1H3,(H,13,14). The number of hydrazine groups is 1. The van der Waals surface area contributed by atoms with E-state index in [1.807, 2.05) is 53.6 Å². The van der Waals surface area contributed by atoms with Gasteiger partial charge in [0.2, 0.25) is 5.84 Å². The number of anilines is 1. The largest absolute Gasteiger partial charge is 0.550 e. The lowest BCUT2D eigenvalue weighted by molar-refractivity contribution is -0.846.